The summed E-state index contributed by atoms with van der Waals surface area (Å²) in [7, 11) is 0. The molecule has 4 aromatic heterocycles. The maximum Gasteiger partial charge on any atom is 0.183 e. The van der Waals surface area contributed by atoms with E-state index in [0.29, 0.717) is 45.6 Å². The van der Waals surface area contributed by atoms with E-state index in [9.17, 15) is 0 Å². The van der Waals surface area contributed by atoms with Crippen LogP contribution in [0.1, 0.15) is 11.6 Å². The van der Waals surface area contributed by atoms with Crippen LogP contribution in [-0.2, 0) is 0 Å². The number of hydrogen-bond acceptors (Lipinski definition) is 8. The number of H-pyrrole nitrogens is 2. The second-order valence-electron chi connectivity index (χ2n) is 4.51. The number of nitrogens with two attached hydrogens (primary N) is 2. The smallest absolute Gasteiger partial charge is 0.183 e. The van der Waals surface area contributed by atoms with Gasteiger partial charge in [0.2, 0.25) is 0 Å². The number of aromatic amines is 2. The molecular formula is C12H14N10. The molecule has 0 fully saturated rings. The first-order valence-electron chi connectivity index (χ1n) is 6.41. The quantitative estimate of drug-likeness (QED) is 0.364. The van der Waals surface area contributed by atoms with Crippen molar-refractivity contribution in [2.75, 3.05) is 11.5 Å². The number of nitrogen functional groups attached to an aromatic ring is 2. The summed E-state index contributed by atoms with van der Waals surface area (Å²) in [5.41, 5.74) is 13.8. The molecule has 4 heterocycles. The molecule has 0 aliphatic carbocycles. The minimum absolute atomic E-state index is 0.449. The van der Waals surface area contributed by atoms with E-state index < -0.39 is 0 Å². The molecule has 4 aromatic rings. The molecule has 6 N–H and O–H groups in total. The number of fused-ring (bicyclic) bond motifs is 2. The van der Waals surface area contributed by atoms with Gasteiger partial charge in [-0.25, -0.2) is 29.9 Å². The number of nitrogens with one attached hydrogen (secondary N) is 2. The van der Waals surface area contributed by atoms with Crippen molar-refractivity contribution in [2.24, 2.45) is 0 Å². The van der Waals surface area contributed by atoms with Crippen LogP contribution in [0, 0.1) is 13.8 Å². The van der Waals surface area contributed by atoms with Crippen molar-refractivity contribution < 1.29 is 0 Å². The lowest BCUT2D eigenvalue weighted by Gasteiger charge is -1.94. The molecule has 112 valence electrons. The third kappa shape index (κ3) is 2.49. The van der Waals surface area contributed by atoms with Gasteiger partial charge in [-0.1, -0.05) is 0 Å². The fourth-order valence-corrected chi connectivity index (χ4v) is 1.94. The number of aryl methyl sites for hydroxylation is 2. The van der Waals surface area contributed by atoms with Crippen LogP contribution in [-0.4, -0.2) is 39.9 Å². The molecule has 22 heavy (non-hydrogen) atoms. The molecule has 0 radical (unpaired) electrons. The topological polar surface area (TPSA) is 161 Å². The van der Waals surface area contributed by atoms with Crippen molar-refractivity contribution in [3.8, 4) is 0 Å². The van der Waals surface area contributed by atoms with Crippen molar-refractivity contribution in [3.05, 3.63) is 24.3 Å². The summed E-state index contributed by atoms with van der Waals surface area (Å²) in [4.78, 5) is 29.7. The highest BCUT2D eigenvalue weighted by Crippen LogP contribution is 2.12. The average Bonchev–Trinajstić information content (AvgIpc) is 3.07. The monoisotopic (exact) mass is 298 g/mol. The summed E-state index contributed by atoms with van der Waals surface area (Å²) in [5, 5.41) is 0. The lowest BCUT2D eigenvalue weighted by molar-refractivity contribution is 1.09. The zero-order valence-electron chi connectivity index (χ0n) is 12.0. The minimum Gasteiger partial charge on any atom is -0.382 e. The fourth-order valence-electron chi connectivity index (χ4n) is 1.94. The van der Waals surface area contributed by atoms with E-state index in [1.807, 2.05) is 0 Å². The molecule has 0 spiro atoms. The van der Waals surface area contributed by atoms with E-state index in [-0.39, 0.29) is 0 Å². The molecule has 0 unspecified atom stereocenters. The Morgan fingerprint density at radius 1 is 0.727 bits per heavy atom. The van der Waals surface area contributed by atoms with Crippen LogP contribution in [0.15, 0.2) is 12.7 Å². The molecule has 0 saturated carbocycles. The number of hydrogen-bond donors (Lipinski definition) is 4. The molecule has 4 rings (SSSR count). The molecular weight excluding hydrogens is 284 g/mol. The molecule has 0 amide bonds. The number of anilines is 2. The molecule has 0 aliphatic rings. The van der Waals surface area contributed by atoms with Crippen molar-refractivity contribution in [3.63, 3.8) is 0 Å². The molecule has 0 aromatic carbocycles. The van der Waals surface area contributed by atoms with Crippen LogP contribution in [0.25, 0.3) is 22.3 Å². The molecule has 0 aliphatic heterocycles. The maximum atomic E-state index is 5.58. The number of rotatable bonds is 0. The molecule has 0 atom stereocenters. The predicted octanol–water partition coefficient (Wildman–Crippen LogP) is 0.487. The highest BCUT2D eigenvalue weighted by atomic mass is 15.1. The molecule has 10 heteroatoms. The summed E-state index contributed by atoms with van der Waals surface area (Å²) in [6, 6.07) is 0. The summed E-state index contributed by atoms with van der Waals surface area (Å²) < 4.78 is 0. The van der Waals surface area contributed by atoms with E-state index in [4.69, 9.17) is 11.5 Å². The van der Waals surface area contributed by atoms with Gasteiger partial charge in [-0.3, -0.25) is 0 Å². The van der Waals surface area contributed by atoms with Gasteiger partial charge in [0.15, 0.2) is 22.9 Å². The van der Waals surface area contributed by atoms with Crippen molar-refractivity contribution in [2.45, 2.75) is 13.8 Å². The fraction of sp³-hybridized carbons (Fsp3) is 0.167. The lowest BCUT2D eigenvalue weighted by Crippen LogP contribution is -1.96. The van der Waals surface area contributed by atoms with E-state index in [2.05, 4.69) is 39.9 Å². The predicted molar refractivity (Wildman–Crippen MR) is 81.7 cm³/mol. The molecule has 0 saturated heterocycles. The second-order valence-corrected chi connectivity index (χ2v) is 4.51. The first-order valence-corrected chi connectivity index (χ1v) is 6.41. The van der Waals surface area contributed by atoms with E-state index in [1.54, 1.807) is 26.5 Å². The average molecular weight is 298 g/mol. The maximum absolute atomic E-state index is 5.58. The highest BCUT2D eigenvalue weighted by molar-refractivity contribution is 5.81. The van der Waals surface area contributed by atoms with E-state index >= 15 is 0 Å². The van der Waals surface area contributed by atoms with Gasteiger partial charge < -0.3 is 21.4 Å². The van der Waals surface area contributed by atoms with E-state index in [0.717, 1.165) is 0 Å². The third-order valence-corrected chi connectivity index (χ3v) is 2.85. The summed E-state index contributed by atoms with van der Waals surface area (Å²) in [6.07, 6.45) is 3.10. The zero-order valence-corrected chi connectivity index (χ0v) is 12.0. The zero-order chi connectivity index (χ0) is 15.7. The van der Waals surface area contributed by atoms with Gasteiger partial charge in [0, 0.05) is 0 Å². The van der Waals surface area contributed by atoms with Gasteiger partial charge in [0.1, 0.15) is 22.7 Å². The molecule has 0 bridgehead atoms. The second kappa shape index (κ2) is 5.24. The normalized spacial score (nSPS) is 10.6. The Hall–Kier alpha value is -3.30. The van der Waals surface area contributed by atoms with Crippen molar-refractivity contribution >= 4 is 34.0 Å². The Morgan fingerprint density at radius 2 is 1.14 bits per heavy atom. The summed E-state index contributed by atoms with van der Waals surface area (Å²) in [5.74, 6) is 2.18. The van der Waals surface area contributed by atoms with Gasteiger partial charge in [-0.05, 0) is 13.8 Å². The Labute approximate surface area is 124 Å². The SMILES string of the molecule is Cc1nc(N)c2[nH]cnc2n1.Cc1nc(N)c2[nH]cnc2n1. The minimum atomic E-state index is 0.449. The van der Waals surface area contributed by atoms with Crippen molar-refractivity contribution in [1.82, 2.24) is 39.9 Å². The molecule has 10 nitrogen and oxygen atoms in total. The Balaban J connectivity index is 0.000000131. The first-order chi connectivity index (χ1) is 10.5. The highest BCUT2D eigenvalue weighted by Gasteiger charge is 2.03. The van der Waals surface area contributed by atoms with Gasteiger partial charge >= 0.3 is 0 Å². The van der Waals surface area contributed by atoms with Crippen LogP contribution in [0.4, 0.5) is 11.6 Å². The van der Waals surface area contributed by atoms with Crippen LogP contribution in [0.3, 0.4) is 0 Å². The number of aromatic nitrogens is 8. The number of nitrogens with zero attached hydrogens (tertiary/aromatic N) is 6. The largest absolute Gasteiger partial charge is 0.382 e. The van der Waals surface area contributed by atoms with Gasteiger partial charge in [0.25, 0.3) is 0 Å². The standard InChI is InChI=1S/2C6H7N5/c2*1-3-10-5(7)4-6(11-3)9-2-8-4/h2*2H,1H3,(H3,7,8,9,10,11). The number of imidazole rings is 2. The van der Waals surface area contributed by atoms with Crippen molar-refractivity contribution in [1.29, 1.82) is 0 Å². The first kappa shape index (κ1) is 13.7. The third-order valence-electron chi connectivity index (χ3n) is 2.85. The Morgan fingerprint density at radius 3 is 1.55 bits per heavy atom. The van der Waals surface area contributed by atoms with Crippen LogP contribution < -0.4 is 11.5 Å². The lowest BCUT2D eigenvalue weighted by atomic mass is 10.5. The van der Waals surface area contributed by atoms with Gasteiger partial charge in [-0.15, -0.1) is 0 Å². The van der Waals surface area contributed by atoms with Crippen LogP contribution >= 0.6 is 0 Å². The summed E-state index contributed by atoms with van der Waals surface area (Å²) in [6.45, 7) is 3.56. The van der Waals surface area contributed by atoms with Crippen LogP contribution in [0.5, 0.6) is 0 Å². The summed E-state index contributed by atoms with van der Waals surface area (Å²) >= 11 is 0. The van der Waals surface area contributed by atoms with Gasteiger partial charge in [-0.2, -0.15) is 0 Å². The van der Waals surface area contributed by atoms with Gasteiger partial charge in [0.05, 0.1) is 12.7 Å². The van der Waals surface area contributed by atoms with E-state index in [1.165, 1.54) is 0 Å². The Kier molecular flexibility index (Phi) is 3.26. The van der Waals surface area contributed by atoms with Crippen LogP contribution in [0.2, 0.25) is 0 Å². The Bertz CT molecular complexity index is 860.